The van der Waals surface area contributed by atoms with Crippen LogP contribution >= 0.6 is 23.2 Å². The Balaban J connectivity index is 2.37. The van der Waals surface area contributed by atoms with Gasteiger partial charge in [-0.15, -0.1) is 0 Å². The van der Waals surface area contributed by atoms with Gasteiger partial charge in [0.15, 0.2) is 0 Å². The highest BCUT2D eigenvalue weighted by Gasteiger charge is 2.40. The number of benzene rings is 1. The molecular weight excluding hydrogens is 311 g/mol. The van der Waals surface area contributed by atoms with Gasteiger partial charge in [-0.1, -0.05) is 36.2 Å². The van der Waals surface area contributed by atoms with Crippen molar-refractivity contribution in [3.8, 4) is 0 Å². The SMILES string of the molecule is CCC1NC(=O)C(C)N(C(C)c2ccc(Cl)cc2Cl)C1=O. The maximum atomic E-state index is 12.5. The zero-order valence-electron chi connectivity index (χ0n) is 12.2. The third-order valence-corrected chi connectivity index (χ3v) is 4.47. The van der Waals surface area contributed by atoms with Crippen LogP contribution in [0.3, 0.4) is 0 Å². The second kappa shape index (κ2) is 6.24. The molecule has 0 spiro atoms. The molecule has 0 aromatic heterocycles. The maximum Gasteiger partial charge on any atom is 0.246 e. The predicted octanol–water partition coefficient (Wildman–Crippen LogP) is 3.18. The molecule has 1 aliphatic rings. The van der Waals surface area contributed by atoms with Crippen LogP contribution in [0.1, 0.15) is 38.8 Å². The van der Waals surface area contributed by atoms with Gasteiger partial charge in [0.2, 0.25) is 11.8 Å². The molecule has 0 radical (unpaired) electrons. The molecule has 1 aromatic rings. The van der Waals surface area contributed by atoms with Crippen LogP contribution in [0.2, 0.25) is 10.0 Å². The highest BCUT2D eigenvalue weighted by molar-refractivity contribution is 6.35. The Labute approximate surface area is 134 Å². The highest BCUT2D eigenvalue weighted by Crippen LogP contribution is 2.32. The number of halogens is 2. The molecule has 1 aromatic carbocycles. The molecule has 1 saturated heterocycles. The maximum absolute atomic E-state index is 12.5. The van der Waals surface area contributed by atoms with E-state index in [0.29, 0.717) is 16.5 Å². The third kappa shape index (κ3) is 3.01. The van der Waals surface area contributed by atoms with E-state index in [1.165, 1.54) is 0 Å². The Morgan fingerprint density at radius 3 is 2.57 bits per heavy atom. The van der Waals surface area contributed by atoms with E-state index in [1.54, 1.807) is 30.0 Å². The minimum Gasteiger partial charge on any atom is -0.343 e. The second-order valence-electron chi connectivity index (χ2n) is 5.23. The van der Waals surface area contributed by atoms with Gasteiger partial charge in [-0.25, -0.2) is 0 Å². The number of amides is 2. The Hall–Kier alpha value is -1.26. The number of hydrogen-bond donors (Lipinski definition) is 1. The zero-order valence-corrected chi connectivity index (χ0v) is 13.7. The summed E-state index contributed by atoms with van der Waals surface area (Å²) in [4.78, 5) is 26.2. The van der Waals surface area contributed by atoms with Crippen molar-refractivity contribution in [2.24, 2.45) is 0 Å². The fourth-order valence-corrected chi connectivity index (χ4v) is 3.21. The first-order valence-corrected chi connectivity index (χ1v) is 7.69. The number of nitrogens with one attached hydrogen (secondary N) is 1. The van der Waals surface area contributed by atoms with Crippen LogP contribution < -0.4 is 5.32 Å². The number of piperazine rings is 1. The van der Waals surface area contributed by atoms with Crippen LogP contribution in [0.4, 0.5) is 0 Å². The molecule has 1 N–H and O–H groups in total. The first-order chi connectivity index (χ1) is 9.86. The zero-order chi connectivity index (χ0) is 15.7. The summed E-state index contributed by atoms with van der Waals surface area (Å²) < 4.78 is 0. The number of carbonyl (C=O) groups is 2. The highest BCUT2D eigenvalue weighted by atomic mass is 35.5. The van der Waals surface area contributed by atoms with E-state index < -0.39 is 12.1 Å². The van der Waals surface area contributed by atoms with Gasteiger partial charge in [0, 0.05) is 10.0 Å². The Bertz CT molecular complexity index is 577. The first kappa shape index (κ1) is 16.1. The number of hydrogen-bond acceptors (Lipinski definition) is 2. The summed E-state index contributed by atoms with van der Waals surface area (Å²) in [7, 11) is 0. The van der Waals surface area contributed by atoms with Crippen molar-refractivity contribution in [1.29, 1.82) is 0 Å². The molecule has 1 fully saturated rings. The van der Waals surface area contributed by atoms with Gasteiger partial charge in [0.05, 0.1) is 6.04 Å². The van der Waals surface area contributed by atoms with E-state index in [-0.39, 0.29) is 17.9 Å². The number of rotatable bonds is 3. The van der Waals surface area contributed by atoms with Gasteiger partial charge in [-0.3, -0.25) is 9.59 Å². The van der Waals surface area contributed by atoms with Crippen molar-refractivity contribution in [3.63, 3.8) is 0 Å². The molecule has 21 heavy (non-hydrogen) atoms. The number of nitrogens with zero attached hydrogens (tertiary/aromatic N) is 1. The lowest BCUT2D eigenvalue weighted by atomic mass is 9.99. The van der Waals surface area contributed by atoms with E-state index in [2.05, 4.69) is 5.32 Å². The second-order valence-corrected chi connectivity index (χ2v) is 6.08. The van der Waals surface area contributed by atoms with Crippen LogP contribution in [-0.4, -0.2) is 28.8 Å². The smallest absolute Gasteiger partial charge is 0.246 e. The molecule has 2 amide bonds. The summed E-state index contributed by atoms with van der Waals surface area (Å²) in [5.74, 6) is -0.221. The molecule has 2 rings (SSSR count). The van der Waals surface area contributed by atoms with Crippen molar-refractivity contribution >= 4 is 35.0 Å². The van der Waals surface area contributed by atoms with Crippen molar-refractivity contribution in [2.45, 2.75) is 45.3 Å². The number of carbonyl (C=O) groups excluding carboxylic acids is 2. The van der Waals surface area contributed by atoms with Gasteiger partial charge >= 0.3 is 0 Å². The lowest BCUT2D eigenvalue weighted by molar-refractivity contribution is -0.151. The van der Waals surface area contributed by atoms with Crippen LogP contribution in [0, 0.1) is 0 Å². The summed E-state index contributed by atoms with van der Waals surface area (Å²) >= 11 is 12.1. The lowest BCUT2D eigenvalue weighted by Crippen LogP contribution is -2.62. The van der Waals surface area contributed by atoms with Gasteiger partial charge in [0.25, 0.3) is 0 Å². The van der Waals surface area contributed by atoms with Crippen molar-refractivity contribution in [1.82, 2.24) is 10.2 Å². The van der Waals surface area contributed by atoms with Crippen molar-refractivity contribution in [2.75, 3.05) is 0 Å². The van der Waals surface area contributed by atoms with Crippen molar-refractivity contribution in [3.05, 3.63) is 33.8 Å². The molecule has 4 nitrogen and oxygen atoms in total. The van der Waals surface area contributed by atoms with Gasteiger partial charge in [-0.2, -0.15) is 0 Å². The van der Waals surface area contributed by atoms with Gasteiger partial charge < -0.3 is 10.2 Å². The Morgan fingerprint density at radius 1 is 1.33 bits per heavy atom. The van der Waals surface area contributed by atoms with Crippen LogP contribution in [0.5, 0.6) is 0 Å². The third-order valence-electron chi connectivity index (χ3n) is 3.90. The lowest BCUT2D eigenvalue weighted by Gasteiger charge is -2.41. The predicted molar refractivity (Wildman–Crippen MR) is 83.4 cm³/mol. The molecular formula is C15H18Cl2N2O2. The van der Waals surface area contributed by atoms with Gasteiger partial charge in [-0.05, 0) is 38.0 Å². The standard InChI is InChI=1S/C15H18Cl2N2O2/c1-4-13-15(21)19(9(3)14(20)18-13)8(2)11-6-5-10(16)7-12(11)17/h5-9,13H,4H2,1-3H3,(H,18,20). The van der Waals surface area contributed by atoms with E-state index in [1.807, 2.05) is 13.8 Å². The molecule has 3 atom stereocenters. The molecule has 1 heterocycles. The molecule has 0 aliphatic carbocycles. The topological polar surface area (TPSA) is 49.4 Å². The van der Waals surface area contributed by atoms with E-state index >= 15 is 0 Å². The molecule has 114 valence electrons. The molecule has 6 heteroatoms. The summed E-state index contributed by atoms with van der Waals surface area (Å²) in [6.07, 6.45) is 0.564. The van der Waals surface area contributed by atoms with E-state index in [4.69, 9.17) is 23.2 Å². The fraction of sp³-hybridized carbons (Fsp3) is 0.467. The first-order valence-electron chi connectivity index (χ1n) is 6.94. The summed E-state index contributed by atoms with van der Waals surface area (Å²) in [5.41, 5.74) is 0.783. The minimum absolute atomic E-state index is 0.0804. The molecule has 3 unspecified atom stereocenters. The normalized spacial score (nSPS) is 24.0. The average Bonchev–Trinajstić information content (AvgIpc) is 2.42. The van der Waals surface area contributed by atoms with Crippen molar-refractivity contribution < 1.29 is 9.59 Å². The fourth-order valence-electron chi connectivity index (χ4n) is 2.64. The molecule has 0 bridgehead atoms. The van der Waals surface area contributed by atoms with E-state index in [9.17, 15) is 9.59 Å². The molecule has 0 saturated carbocycles. The average molecular weight is 329 g/mol. The summed E-state index contributed by atoms with van der Waals surface area (Å²) in [6, 6.07) is 3.88. The van der Waals surface area contributed by atoms with Gasteiger partial charge in [0.1, 0.15) is 12.1 Å². The quantitative estimate of drug-likeness (QED) is 0.926. The van der Waals surface area contributed by atoms with Crippen LogP contribution in [0.15, 0.2) is 18.2 Å². The largest absolute Gasteiger partial charge is 0.343 e. The van der Waals surface area contributed by atoms with E-state index in [0.717, 1.165) is 5.56 Å². The summed E-state index contributed by atoms with van der Waals surface area (Å²) in [6.45, 7) is 5.46. The summed E-state index contributed by atoms with van der Waals surface area (Å²) in [5, 5.41) is 3.78. The van der Waals surface area contributed by atoms with Crippen LogP contribution in [0.25, 0.3) is 0 Å². The monoisotopic (exact) mass is 328 g/mol. The molecule has 1 aliphatic heterocycles. The van der Waals surface area contributed by atoms with Crippen LogP contribution in [-0.2, 0) is 9.59 Å². The minimum atomic E-state index is -0.526. The Kier molecular flexibility index (Phi) is 4.79. The Morgan fingerprint density at radius 2 is 2.00 bits per heavy atom.